The van der Waals surface area contributed by atoms with Gasteiger partial charge in [-0.1, -0.05) is 12.1 Å². The number of anilines is 1. The van der Waals surface area contributed by atoms with E-state index < -0.39 is 11.9 Å². The minimum Gasteiger partial charge on any atom is -0.468 e. The number of fused-ring (bicyclic) bond motifs is 1. The highest BCUT2D eigenvalue weighted by atomic mass is 16.5. The van der Waals surface area contributed by atoms with Crippen molar-refractivity contribution in [2.45, 2.75) is 18.4 Å². The Hall–Kier alpha value is -2.80. The van der Waals surface area contributed by atoms with Gasteiger partial charge in [-0.3, -0.25) is 9.69 Å². The first-order valence-electron chi connectivity index (χ1n) is 10.6. The van der Waals surface area contributed by atoms with Gasteiger partial charge in [0.2, 0.25) is 0 Å². The summed E-state index contributed by atoms with van der Waals surface area (Å²) in [6.07, 6.45) is 1.00. The second-order valence-corrected chi connectivity index (χ2v) is 7.75. The number of esters is 1. The fraction of sp³-hybridized carbons (Fsp3) is 0.545. The van der Waals surface area contributed by atoms with E-state index in [0.717, 1.165) is 32.7 Å². The lowest BCUT2D eigenvalue weighted by molar-refractivity contribution is -0.141. The zero-order chi connectivity index (χ0) is 21.6. The van der Waals surface area contributed by atoms with Gasteiger partial charge in [0.15, 0.2) is 11.7 Å². The Balaban J connectivity index is 1.64. The number of aromatic nitrogens is 2. The predicted molar refractivity (Wildman–Crippen MR) is 114 cm³/mol. The molecule has 1 aromatic heterocycles. The van der Waals surface area contributed by atoms with E-state index in [1.807, 2.05) is 30.3 Å². The molecule has 3 heterocycles. The summed E-state index contributed by atoms with van der Waals surface area (Å²) in [5.41, 5.74) is 1.61. The van der Waals surface area contributed by atoms with Crippen LogP contribution in [0.25, 0.3) is 11.0 Å². The summed E-state index contributed by atoms with van der Waals surface area (Å²) in [5.74, 6) is -0.965. The van der Waals surface area contributed by atoms with Crippen LogP contribution in [0.3, 0.4) is 0 Å². The molecule has 0 unspecified atom stereocenters. The van der Waals surface area contributed by atoms with E-state index in [4.69, 9.17) is 19.2 Å². The number of hydrogen-bond donors (Lipinski definition) is 1. The van der Waals surface area contributed by atoms with E-state index in [2.05, 4.69) is 15.2 Å². The molecule has 0 bridgehead atoms. The number of carbonyl (C=O) groups is 1. The lowest BCUT2D eigenvalue weighted by atomic mass is 9.96. The Labute approximate surface area is 181 Å². The summed E-state index contributed by atoms with van der Waals surface area (Å²) in [5, 5.41) is 13.0. The van der Waals surface area contributed by atoms with Gasteiger partial charge in [0.1, 0.15) is 5.69 Å². The van der Waals surface area contributed by atoms with Crippen molar-refractivity contribution in [1.29, 1.82) is 5.26 Å². The van der Waals surface area contributed by atoms with Crippen LogP contribution in [0, 0.1) is 17.2 Å². The van der Waals surface area contributed by atoms with E-state index in [1.54, 1.807) is 0 Å². The molecule has 164 valence electrons. The van der Waals surface area contributed by atoms with Crippen molar-refractivity contribution in [3.05, 3.63) is 30.0 Å². The number of nitrogens with one attached hydrogen (secondary N) is 1. The fourth-order valence-electron chi connectivity index (χ4n) is 4.25. The number of carbonyl (C=O) groups excluding carboxylic acids is 1. The molecule has 1 aromatic carbocycles. The lowest BCUT2D eigenvalue weighted by Crippen LogP contribution is -2.50. The number of nitrogens with zero attached hydrogens (tertiary/aromatic N) is 4. The van der Waals surface area contributed by atoms with E-state index in [9.17, 15) is 10.1 Å². The third-order valence-electron chi connectivity index (χ3n) is 5.94. The fourth-order valence-corrected chi connectivity index (χ4v) is 4.25. The van der Waals surface area contributed by atoms with Crippen molar-refractivity contribution in [1.82, 2.24) is 14.9 Å². The third-order valence-corrected chi connectivity index (χ3v) is 5.94. The molecule has 9 heteroatoms. The van der Waals surface area contributed by atoms with Gasteiger partial charge in [-0.15, -0.1) is 0 Å². The molecular formula is C22H27N5O4. The second kappa shape index (κ2) is 10.0. The van der Waals surface area contributed by atoms with Gasteiger partial charge in [-0.05, 0) is 18.6 Å². The molecule has 2 aliphatic heterocycles. The number of rotatable bonds is 7. The first-order chi connectivity index (χ1) is 15.2. The van der Waals surface area contributed by atoms with Crippen molar-refractivity contribution >= 4 is 22.8 Å². The van der Waals surface area contributed by atoms with Crippen LogP contribution >= 0.6 is 0 Å². The highest BCUT2D eigenvalue weighted by molar-refractivity contribution is 5.84. The van der Waals surface area contributed by atoms with Gasteiger partial charge in [0.25, 0.3) is 0 Å². The molecule has 0 spiro atoms. The minimum absolute atomic E-state index is 0.228. The number of nitriles is 1. The summed E-state index contributed by atoms with van der Waals surface area (Å²) in [6.45, 7) is 5.25. The highest BCUT2D eigenvalue weighted by Crippen LogP contribution is 2.27. The number of ether oxygens (including phenoxy) is 3. The number of methoxy groups -OCH3 is 1. The zero-order valence-corrected chi connectivity index (χ0v) is 17.6. The van der Waals surface area contributed by atoms with Crippen molar-refractivity contribution in [3.8, 4) is 6.07 Å². The molecule has 0 aliphatic carbocycles. The minimum atomic E-state index is -1.15. The van der Waals surface area contributed by atoms with Crippen molar-refractivity contribution in [2.24, 2.45) is 5.92 Å². The van der Waals surface area contributed by atoms with Crippen molar-refractivity contribution < 1.29 is 19.0 Å². The van der Waals surface area contributed by atoms with Gasteiger partial charge in [-0.2, -0.15) is 5.26 Å². The summed E-state index contributed by atoms with van der Waals surface area (Å²) >= 11 is 0. The lowest BCUT2D eigenvalue weighted by Gasteiger charge is -2.37. The van der Waals surface area contributed by atoms with Gasteiger partial charge < -0.3 is 19.5 Å². The van der Waals surface area contributed by atoms with Crippen LogP contribution in [0.4, 0.5) is 5.82 Å². The predicted octanol–water partition coefficient (Wildman–Crippen LogP) is 1.56. The average molecular weight is 425 g/mol. The molecule has 2 fully saturated rings. The molecule has 3 atom stereocenters. The first-order valence-corrected chi connectivity index (χ1v) is 10.6. The second-order valence-electron chi connectivity index (χ2n) is 7.75. The largest absolute Gasteiger partial charge is 0.468 e. The van der Waals surface area contributed by atoms with Crippen LogP contribution < -0.4 is 5.32 Å². The number of para-hydroxylation sites is 2. The van der Waals surface area contributed by atoms with Crippen LogP contribution in [-0.4, -0.2) is 80.1 Å². The molecule has 2 saturated heterocycles. The topological polar surface area (TPSA) is 110 Å². The smallest absolute Gasteiger partial charge is 0.329 e. The number of morpholine rings is 1. The quantitative estimate of drug-likeness (QED) is 0.661. The normalized spacial score (nSPS) is 21.4. The Morgan fingerprint density at radius 2 is 2.00 bits per heavy atom. The summed E-state index contributed by atoms with van der Waals surface area (Å²) < 4.78 is 16.0. The Kier molecular flexibility index (Phi) is 6.92. The molecule has 0 saturated carbocycles. The van der Waals surface area contributed by atoms with Gasteiger partial charge in [0.05, 0.1) is 44.0 Å². The maximum atomic E-state index is 12.2. The van der Waals surface area contributed by atoms with Gasteiger partial charge in [0, 0.05) is 38.2 Å². The molecule has 4 rings (SSSR count). The maximum absolute atomic E-state index is 12.2. The molecule has 2 aromatic rings. The summed E-state index contributed by atoms with van der Waals surface area (Å²) in [4.78, 5) is 24.0. The monoisotopic (exact) mass is 425 g/mol. The Morgan fingerprint density at radius 1 is 1.26 bits per heavy atom. The van der Waals surface area contributed by atoms with E-state index in [0.29, 0.717) is 42.5 Å². The van der Waals surface area contributed by atoms with Crippen LogP contribution in [0.1, 0.15) is 18.0 Å². The van der Waals surface area contributed by atoms with Crippen molar-refractivity contribution in [3.63, 3.8) is 0 Å². The highest BCUT2D eigenvalue weighted by Gasteiger charge is 2.33. The van der Waals surface area contributed by atoms with Crippen LogP contribution in [0.5, 0.6) is 0 Å². The SMILES string of the molecule is COC(=O)[C@H](C#N)c1nc2ccccc2nc1NC[C@@H]([C@H]1CCOC1)N1CCOCC1. The van der Waals surface area contributed by atoms with Crippen LogP contribution in [0.15, 0.2) is 24.3 Å². The number of benzene rings is 1. The molecule has 9 nitrogen and oxygen atoms in total. The number of hydrogen-bond acceptors (Lipinski definition) is 9. The zero-order valence-electron chi connectivity index (χ0n) is 17.6. The van der Waals surface area contributed by atoms with Crippen LogP contribution in [0.2, 0.25) is 0 Å². The van der Waals surface area contributed by atoms with E-state index in [-0.39, 0.29) is 11.7 Å². The average Bonchev–Trinajstić information content (AvgIpc) is 3.35. The molecular weight excluding hydrogens is 398 g/mol. The summed E-state index contributed by atoms with van der Waals surface area (Å²) in [6, 6.07) is 9.65. The maximum Gasteiger partial charge on any atom is 0.329 e. The Morgan fingerprint density at radius 3 is 2.65 bits per heavy atom. The molecule has 1 N–H and O–H groups in total. The van der Waals surface area contributed by atoms with Gasteiger partial charge in [-0.25, -0.2) is 9.97 Å². The molecule has 2 aliphatic rings. The molecule has 31 heavy (non-hydrogen) atoms. The van der Waals surface area contributed by atoms with Gasteiger partial charge >= 0.3 is 5.97 Å². The first kappa shape index (κ1) is 21.4. The molecule has 0 amide bonds. The van der Waals surface area contributed by atoms with E-state index in [1.165, 1.54) is 7.11 Å². The van der Waals surface area contributed by atoms with E-state index >= 15 is 0 Å². The summed E-state index contributed by atoms with van der Waals surface area (Å²) in [7, 11) is 1.27. The Bertz CT molecular complexity index is 951. The standard InChI is InChI=1S/C22H27N5O4/c1-29-22(28)16(12-23)20-21(26-18-5-3-2-4-17(18)25-20)24-13-19(15-6-9-31-14-15)27-7-10-30-11-8-27/h2-5,15-16,19H,6-11,13-14H2,1H3,(H,24,26)/t15-,16+,19-/m0/s1. The third kappa shape index (κ3) is 4.77. The van der Waals surface area contributed by atoms with Crippen molar-refractivity contribution in [2.75, 3.05) is 58.5 Å². The molecule has 0 radical (unpaired) electrons. The van der Waals surface area contributed by atoms with Crippen LogP contribution in [-0.2, 0) is 19.0 Å².